The predicted octanol–water partition coefficient (Wildman–Crippen LogP) is 0.656. The molecule has 0 saturated carbocycles. The van der Waals surface area contributed by atoms with Gasteiger partial charge in [0.05, 0.1) is 0 Å². The van der Waals surface area contributed by atoms with Crippen LogP contribution in [0.3, 0.4) is 0 Å². The van der Waals surface area contributed by atoms with Crippen LogP contribution in [0, 0.1) is 35.6 Å². The van der Waals surface area contributed by atoms with Crippen LogP contribution in [0.15, 0.2) is 0 Å². The third-order valence-corrected chi connectivity index (χ3v) is 0.513. The molecule has 0 unspecified atom stereocenters. The van der Waals surface area contributed by atoms with E-state index in [1.165, 1.54) is 0 Å². The Morgan fingerprint density at radius 1 is 1.57 bits per heavy atom. The first-order valence-corrected chi connectivity index (χ1v) is 1.85. The van der Waals surface area contributed by atoms with Crippen molar-refractivity contribution in [2.75, 3.05) is 0 Å². The Balaban J connectivity index is 0. The van der Waals surface area contributed by atoms with Crippen LogP contribution in [-0.2, 0) is 0 Å². The number of carbonyl (C=O) groups is 1. The zero-order chi connectivity index (χ0) is 5.15. The third-order valence-electron chi connectivity index (χ3n) is 0.171. The quantitative estimate of drug-likeness (QED) is 0.562. The number of rotatable bonds is 0. The van der Waals surface area contributed by atoms with Crippen LogP contribution >= 0.6 is 25.6 Å². The summed E-state index contributed by atoms with van der Waals surface area (Å²) in [5, 5.41) is 7.76. The van der Waals surface area contributed by atoms with Gasteiger partial charge >= 0.3 is 6.09 Å². The summed E-state index contributed by atoms with van der Waals surface area (Å²) in [6.07, 6.45) is -1.18. The van der Waals surface area contributed by atoms with E-state index in [1.807, 2.05) is 0 Å². The van der Waals surface area contributed by atoms with E-state index in [4.69, 9.17) is 5.11 Å². The fraction of sp³-hybridized carbons (Fsp3) is 0. The molecule has 0 aliphatic heterocycles. The molecule has 0 heterocycles. The molecule has 0 atom stereocenters. The summed E-state index contributed by atoms with van der Waals surface area (Å²) in [7, 11) is 0. The van der Waals surface area contributed by atoms with Crippen molar-refractivity contribution in [1.29, 1.82) is 0 Å². The Labute approximate surface area is 80.1 Å². The van der Waals surface area contributed by atoms with Crippen LogP contribution in [0.1, 0.15) is 0 Å². The molecule has 7 heavy (non-hydrogen) atoms. The molecule has 1 N–H and O–H groups in total. The van der Waals surface area contributed by atoms with E-state index < -0.39 is 6.09 Å². The monoisotopic (exact) mass is 264 g/mol. The fourth-order valence-corrected chi connectivity index (χ4v) is 0. The average molecular weight is 264 g/mol. The van der Waals surface area contributed by atoms with Gasteiger partial charge in [-0.2, -0.15) is 3.71 Å². The SMILES string of the molecule is O=C(O)N(S)S.[La]. The van der Waals surface area contributed by atoms with Gasteiger partial charge < -0.3 is 5.11 Å². The van der Waals surface area contributed by atoms with Gasteiger partial charge in [0.15, 0.2) is 0 Å². The topological polar surface area (TPSA) is 40.5 Å². The zero-order valence-corrected chi connectivity index (χ0v) is 8.69. The molecule has 1 amide bonds. The molecule has 0 aromatic heterocycles. The maximum absolute atomic E-state index is 9.47. The molecule has 39 valence electrons. The van der Waals surface area contributed by atoms with Gasteiger partial charge in [-0.05, 0) is 25.6 Å². The van der Waals surface area contributed by atoms with Crippen LogP contribution in [0.4, 0.5) is 4.79 Å². The van der Waals surface area contributed by atoms with Crippen molar-refractivity contribution in [3.8, 4) is 0 Å². The summed E-state index contributed by atoms with van der Waals surface area (Å²) in [6.45, 7) is 0. The predicted molar refractivity (Wildman–Crippen MR) is 27.8 cm³/mol. The summed E-state index contributed by atoms with van der Waals surface area (Å²) in [6, 6.07) is 0. The van der Waals surface area contributed by atoms with Gasteiger partial charge in [0.2, 0.25) is 0 Å². The minimum atomic E-state index is -1.18. The van der Waals surface area contributed by atoms with Gasteiger partial charge in [-0.15, -0.1) is 0 Å². The van der Waals surface area contributed by atoms with E-state index in [-0.39, 0.29) is 35.6 Å². The van der Waals surface area contributed by atoms with Gasteiger partial charge in [0, 0.05) is 35.6 Å². The van der Waals surface area contributed by atoms with Crippen molar-refractivity contribution >= 4 is 31.7 Å². The van der Waals surface area contributed by atoms with E-state index in [1.54, 1.807) is 0 Å². The largest absolute Gasteiger partial charge is 0.464 e. The van der Waals surface area contributed by atoms with Crippen LogP contribution in [0.2, 0.25) is 0 Å². The first-order valence-electron chi connectivity index (χ1n) is 1.05. The second-order valence-corrected chi connectivity index (χ2v) is 1.69. The Kier molecular flexibility index (Phi) is 8.36. The maximum Gasteiger partial charge on any atom is 0.427 e. The van der Waals surface area contributed by atoms with E-state index in [0.717, 1.165) is 0 Å². The van der Waals surface area contributed by atoms with Crippen LogP contribution in [0.5, 0.6) is 0 Å². The summed E-state index contributed by atoms with van der Waals surface area (Å²) in [4.78, 5) is 9.47. The van der Waals surface area contributed by atoms with Crippen molar-refractivity contribution in [3.63, 3.8) is 0 Å². The van der Waals surface area contributed by atoms with Crippen molar-refractivity contribution in [3.05, 3.63) is 0 Å². The van der Waals surface area contributed by atoms with E-state index >= 15 is 0 Å². The van der Waals surface area contributed by atoms with Crippen LogP contribution in [0.25, 0.3) is 0 Å². The molecule has 0 aromatic rings. The van der Waals surface area contributed by atoms with Crippen molar-refractivity contribution in [1.82, 2.24) is 3.71 Å². The fourth-order valence-electron chi connectivity index (χ4n) is 0. The van der Waals surface area contributed by atoms with Crippen molar-refractivity contribution < 1.29 is 45.5 Å². The molecule has 1 radical (unpaired) electrons. The number of carboxylic acid groups (broad SMARTS) is 1. The zero-order valence-electron chi connectivity index (χ0n) is 3.27. The molecule has 3 nitrogen and oxygen atoms in total. The molecule has 0 rings (SSSR count). The van der Waals surface area contributed by atoms with Crippen LogP contribution in [-0.4, -0.2) is 14.9 Å². The molecule has 6 heteroatoms. The van der Waals surface area contributed by atoms with E-state index in [9.17, 15) is 4.79 Å². The first-order chi connectivity index (χ1) is 2.64. The molecule has 0 aromatic carbocycles. The normalized spacial score (nSPS) is 6.57. The molecule has 0 bridgehead atoms. The molecule has 0 saturated heterocycles. The minimum Gasteiger partial charge on any atom is -0.464 e. The van der Waals surface area contributed by atoms with Gasteiger partial charge in [-0.25, -0.2) is 4.79 Å². The summed E-state index contributed by atoms with van der Waals surface area (Å²) < 4.78 is 0.472. The van der Waals surface area contributed by atoms with Crippen molar-refractivity contribution in [2.24, 2.45) is 0 Å². The molecular weight excluding hydrogens is 261 g/mol. The molecule has 0 spiro atoms. The number of hydrogen-bond acceptors (Lipinski definition) is 3. The molecule has 0 fully saturated rings. The van der Waals surface area contributed by atoms with E-state index in [0.29, 0.717) is 3.71 Å². The van der Waals surface area contributed by atoms with Gasteiger partial charge in [0.25, 0.3) is 0 Å². The second-order valence-electron chi connectivity index (χ2n) is 0.572. The molecule has 0 aliphatic rings. The summed E-state index contributed by atoms with van der Waals surface area (Å²) in [5.41, 5.74) is 0. The van der Waals surface area contributed by atoms with Crippen LogP contribution < -0.4 is 0 Å². The Bertz CT molecular complexity index is 66.7. The summed E-state index contributed by atoms with van der Waals surface area (Å²) in [5.74, 6) is 0. The van der Waals surface area contributed by atoms with Gasteiger partial charge in [0.1, 0.15) is 0 Å². The average Bonchev–Trinajstić information content (AvgIpc) is 1.36. The number of hydrogen-bond donors (Lipinski definition) is 3. The maximum atomic E-state index is 9.47. The van der Waals surface area contributed by atoms with Crippen molar-refractivity contribution in [2.45, 2.75) is 0 Å². The second kappa shape index (κ2) is 5.30. The first kappa shape index (κ1) is 11.0. The number of amides is 1. The Morgan fingerprint density at radius 3 is 1.71 bits per heavy atom. The number of thiol groups is 2. The minimum absolute atomic E-state index is 0. The van der Waals surface area contributed by atoms with Gasteiger partial charge in [-0.3, -0.25) is 0 Å². The van der Waals surface area contributed by atoms with Gasteiger partial charge in [-0.1, -0.05) is 0 Å². The third kappa shape index (κ3) is 7.16. The van der Waals surface area contributed by atoms with E-state index in [2.05, 4.69) is 25.6 Å². The smallest absolute Gasteiger partial charge is 0.427 e. The Hall–Kier alpha value is 1.16. The molecular formula is CH3LaNO2S2. The Morgan fingerprint density at radius 2 is 1.71 bits per heavy atom. The number of nitrogens with zero attached hydrogens (tertiary/aromatic N) is 1. The summed E-state index contributed by atoms with van der Waals surface area (Å²) >= 11 is 6.58. The standard InChI is InChI=1S/CH3NO2S2.La/c3-1(4)2(5)6;/h5-6H,(H,3,4);. The molecule has 0 aliphatic carbocycles.